The third kappa shape index (κ3) is 5.41. The van der Waals surface area contributed by atoms with Crippen molar-refractivity contribution in [2.75, 3.05) is 37.6 Å². The van der Waals surface area contributed by atoms with E-state index >= 15 is 0 Å². The Kier molecular flexibility index (Phi) is 6.51. The number of aromatic nitrogens is 2. The van der Waals surface area contributed by atoms with Gasteiger partial charge >= 0.3 is 0 Å². The molecule has 2 heterocycles. The number of nitrogens with zero attached hydrogens (tertiary/aromatic N) is 4. The first-order valence-corrected chi connectivity index (χ1v) is 10.5. The van der Waals surface area contributed by atoms with Crippen LogP contribution in [0.4, 0.5) is 5.69 Å². The van der Waals surface area contributed by atoms with Gasteiger partial charge in [-0.25, -0.2) is 4.68 Å². The quantitative estimate of drug-likeness (QED) is 0.463. The molecule has 1 aromatic heterocycles. The highest BCUT2D eigenvalue weighted by Gasteiger charge is 2.16. The van der Waals surface area contributed by atoms with Crippen LogP contribution >= 0.6 is 11.6 Å². The zero-order valence-corrected chi connectivity index (χ0v) is 17.2. The highest BCUT2D eigenvalue weighted by Crippen LogP contribution is 2.16. The van der Waals surface area contributed by atoms with Crippen LogP contribution in [-0.4, -0.2) is 47.4 Å². The van der Waals surface area contributed by atoms with Gasteiger partial charge in [0.15, 0.2) is 0 Å². The molecule has 0 saturated carbocycles. The molecule has 29 heavy (non-hydrogen) atoms. The van der Waals surface area contributed by atoms with Gasteiger partial charge in [-0.15, -0.1) is 0 Å². The third-order valence-electron chi connectivity index (χ3n) is 5.18. The van der Waals surface area contributed by atoms with Crippen molar-refractivity contribution < 1.29 is 0 Å². The van der Waals surface area contributed by atoms with Crippen molar-refractivity contribution in [2.45, 2.75) is 12.8 Å². The van der Waals surface area contributed by atoms with E-state index in [2.05, 4.69) is 57.1 Å². The van der Waals surface area contributed by atoms with Crippen molar-refractivity contribution in [3.05, 3.63) is 77.6 Å². The van der Waals surface area contributed by atoms with Crippen LogP contribution in [0.1, 0.15) is 18.4 Å². The number of hydrogen-bond acceptors (Lipinski definition) is 3. The van der Waals surface area contributed by atoms with E-state index in [0.29, 0.717) is 0 Å². The maximum atomic E-state index is 5.94. The van der Waals surface area contributed by atoms with Gasteiger partial charge in [0.25, 0.3) is 0 Å². The highest BCUT2D eigenvalue weighted by atomic mass is 35.5. The van der Waals surface area contributed by atoms with E-state index in [9.17, 15) is 0 Å². The molecule has 2 aromatic carbocycles. The molecule has 0 amide bonds. The van der Waals surface area contributed by atoms with Gasteiger partial charge in [0.2, 0.25) is 0 Å². The lowest BCUT2D eigenvalue weighted by Gasteiger charge is -2.36. The topological polar surface area (TPSA) is 24.3 Å². The second-order valence-corrected chi connectivity index (χ2v) is 7.66. The first kappa shape index (κ1) is 19.6. The zero-order valence-electron chi connectivity index (χ0n) is 16.5. The van der Waals surface area contributed by atoms with Crippen LogP contribution in [0, 0.1) is 11.8 Å². The number of rotatable bonds is 5. The van der Waals surface area contributed by atoms with Crippen molar-refractivity contribution in [1.29, 1.82) is 0 Å². The first-order chi connectivity index (χ1) is 14.3. The fourth-order valence-corrected chi connectivity index (χ4v) is 3.67. The average molecular weight is 405 g/mol. The number of hydrogen-bond donors (Lipinski definition) is 0. The van der Waals surface area contributed by atoms with E-state index in [1.165, 1.54) is 5.69 Å². The van der Waals surface area contributed by atoms with Crippen molar-refractivity contribution >= 4 is 17.3 Å². The summed E-state index contributed by atoms with van der Waals surface area (Å²) in [4.78, 5) is 5.01. The van der Waals surface area contributed by atoms with E-state index < -0.39 is 0 Å². The number of halogens is 1. The molecular weight excluding hydrogens is 380 g/mol. The van der Waals surface area contributed by atoms with Gasteiger partial charge in [-0.3, -0.25) is 4.90 Å². The van der Waals surface area contributed by atoms with Gasteiger partial charge in [-0.2, -0.15) is 5.10 Å². The van der Waals surface area contributed by atoms with E-state index in [4.69, 9.17) is 11.6 Å². The minimum atomic E-state index is 0.724. The molecule has 5 heteroatoms. The lowest BCUT2D eigenvalue weighted by Crippen LogP contribution is -2.46. The van der Waals surface area contributed by atoms with E-state index in [1.54, 1.807) is 0 Å². The largest absolute Gasteiger partial charge is 0.369 e. The van der Waals surface area contributed by atoms with E-state index in [1.807, 2.05) is 41.3 Å². The van der Waals surface area contributed by atoms with Crippen molar-refractivity contribution in [3.8, 4) is 17.5 Å². The maximum Gasteiger partial charge on any atom is 0.0651 e. The Bertz CT molecular complexity index is 961. The van der Waals surface area contributed by atoms with Gasteiger partial charge < -0.3 is 4.90 Å². The fraction of sp³-hybridized carbons (Fsp3) is 0.292. The summed E-state index contributed by atoms with van der Waals surface area (Å²) in [7, 11) is 0. The number of unbranched alkanes of at least 4 members (excludes halogenated alkanes) is 1. The van der Waals surface area contributed by atoms with E-state index in [-0.39, 0.29) is 0 Å². The van der Waals surface area contributed by atoms with Gasteiger partial charge in [-0.05, 0) is 49.4 Å². The molecule has 1 fully saturated rings. The van der Waals surface area contributed by atoms with Gasteiger partial charge in [-0.1, -0.05) is 41.6 Å². The number of piperazine rings is 1. The molecular formula is C24H25ClN4. The van der Waals surface area contributed by atoms with Gasteiger partial charge in [0.05, 0.1) is 17.4 Å². The number of benzene rings is 2. The molecule has 0 N–H and O–H groups in total. The summed E-state index contributed by atoms with van der Waals surface area (Å²) in [6, 6.07) is 18.3. The lowest BCUT2D eigenvalue weighted by molar-refractivity contribution is 0.256. The maximum absolute atomic E-state index is 5.94. The molecule has 1 saturated heterocycles. The number of para-hydroxylation sites is 1. The molecule has 4 rings (SSSR count). The van der Waals surface area contributed by atoms with Crippen molar-refractivity contribution in [3.63, 3.8) is 0 Å². The Morgan fingerprint density at radius 1 is 0.897 bits per heavy atom. The van der Waals surface area contributed by atoms with Gasteiger partial charge in [0.1, 0.15) is 0 Å². The summed E-state index contributed by atoms with van der Waals surface area (Å²) in [5, 5.41) is 5.10. The van der Waals surface area contributed by atoms with Crippen LogP contribution in [-0.2, 0) is 0 Å². The summed E-state index contributed by atoms with van der Waals surface area (Å²) < 4.78 is 1.83. The second-order valence-electron chi connectivity index (χ2n) is 7.22. The normalized spacial score (nSPS) is 14.4. The van der Waals surface area contributed by atoms with Crippen LogP contribution in [0.5, 0.6) is 0 Å². The summed E-state index contributed by atoms with van der Waals surface area (Å²) in [5.41, 5.74) is 3.26. The predicted octanol–water partition coefficient (Wildman–Crippen LogP) is 4.48. The molecule has 4 nitrogen and oxygen atoms in total. The molecule has 1 aliphatic heterocycles. The smallest absolute Gasteiger partial charge is 0.0651 e. The highest BCUT2D eigenvalue weighted by molar-refractivity contribution is 6.30. The molecule has 0 unspecified atom stereocenters. The molecule has 3 aromatic rings. The molecule has 0 spiro atoms. The molecule has 0 atom stereocenters. The van der Waals surface area contributed by atoms with Gasteiger partial charge in [0, 0.05) is 49.5 Å². The minimum Gasteiger partial charge on any atom is -0.369 e. The Hall–Kier alpha value is -2.74. The summed E-state index contributed by atoms with van der Waals surface area (Å²) in [5.74, 6) is 6.51. The van der Waals surface area contributed by atoms with Crippen LogP contribution < -0.4 is 4.90 Å². The molecule has 0 aliphatic carbocycles. The van der Waals surface area contributed by atoms with Crippen LogP contribution in [0.15, 0.2) is 67.0 Å². The summed E-state index contributed by atoms with van der Waals surface area (Å²) >= 11 is 5.94. The Morgan fingerprint density at radius 2 is 1.66 bits per heavy atom. The predicted molar refractivity (Wildman–Crippen MR) is 120 cm³/mol. The molecule has 0 bridgehead atoms. The fourth-order valence-electron chi connectivity index (χ4n) is 3.55. The average Bonchev–Trinajstić information content (AvgIpc) is 3.24. The Labute approximate surface area is 177 Å². The van der Waals surface area contributed by atoms with Crippen molar-refractivity contribution in [2.24, 2.45) is 0 Å². The summed E-state index contributed by atoms with van der Waals surface area (Å²) in [6.45, 7) is 5.55. The molecule has 0 radical (unpaired) electrons. The van der Waals surface area contributed by atoms with Crippen molar-refractivity contribution in [1.82, 2.24) is 14.7 Å². The monoisotopic (exact) mass is 404 g/mol. The van der Waals surface area contributed by atoms with Crippen LogP contribution in [0.2, 0.25) is 5.02 Å². The molecule has 148 valence electrons. The molecule has 1 aliphatic rings. The number of anilines is 1. The SMILES string of the molecule is Clc1ccc(-n2cc(C#CCCCN3CCN(c4ccccc4)CC3)cn2)cc1. The first-order valence-electron chi connectivity index (χ1n) is 10.1. The standard InChI is InChI=1S/C24H25ClN4/c25-22-10-12-24(13-11-22)29-20-21(19-26-29)7-3-2-6-14-27-15-17-28(18-16-27)23-8-4-1-5-9-23/h1,4-5,8-13,19-20H,2,6,14-18H2. The minimum absolute atomic E-state index is 0.724. The second kappa shape index (κ2) is 9.65. The lowest BCUT2D eigenvalue weighted by atomic mass is 10.2. The van der Waals surface area contributed by atoms with E-state index in [0.717, 1.165) is 61.8 Å². The zero-order chi connectivity index (χ0) is 19.9. The summed E-state index contributed by atoms with van der Waals surface area (Å²) in [6.07, 6.45) is 5.78. The Balaban J connectivity index is 1.19. The third-order valence-corrected chi connectivity index (χ3v) is 5.43. The van der Waals surface area contributed by atoms with Crippen LogP contribution in [0.25, 0.3) is 5.69 Å². The van der Waals surface area contributed by atoms with Crippen LogP contribution in [0.3, 0.4) is 0 Å². The Morgan fingerprint density at radius 3 is 2.41 bits per heavy atom.